The molecule has 1 heterocycles. The minimum atomic E-state index is 0.568. The van der Waals surface area contributed by atoms with Crippen molar-refractivity contribution in [3.63, 3.8) is 0 Å². The lowest BCUT2D eigenvalue weighted by Crippen LogP contribution is -2.53. The molecule has 1 N–H and O–H groups in total. The molecule has 0 bridgehead atoms. The van der Waals surface area contributed by atoms with Crippen LogP contribution in [-0.2, 0) is 0 Å². The standard InChI is InChI=1S/C21H43IN2/c1-6-24-16-18(3)12-10-14-20(5)23-21(24)19(4)13-9-7-8-11-17(2)15-22/h17-21,23H,6-16H2,1-5H3/t17?,18?,19?,20-,21?/m1/s1. The van der Waals surface area contributed by atoms with E-state index in [0.29, 0.717) is 12.2 Å². The Morgan fingerprint density at radius 1 is 1.08 bits per heavy atom. The zero-order chi connectivity index (χ0) is 17.9. The van der Waals surface area contributed by atoms with Gasteiger partial charge >= 0.3 is 0 Å². The summed E-state index contributed by atoms with van der Waals surface area (Å²) in [5.41, 5.74) is 0. The monoisotopic (exact) mass is 450 g/mol. The molecule has 1 saturated heterocycles. The van der Waals surface area contributed by atoms with E-state index in [9.17, 15) is 0 Å². The Bertz CT molecular complexity index is 310. The molecule has 0 radical (unpaired) electrons. The fourth-order valence-electron chi connectivity index (χ4n) is 4.08. The highest BCUT2D eigenvalue weighted by atomic mass is 127. The van der Waals surface area contributed by atoms with E-state index in [1.807, 2.05) is 0 Å². The predicted octanol–water partition coefficient (Wildman–Crippen LogP) is 6.09. The van der Waals surface area contributed by atoms with Gasteiger partial charge in [-0.05, 0) is 56.9 Å². The van der Waals surface area contributed by atoms with Crippen molar-refractivity contribution in [3.8, 4) is 0 Å². The van der Waals surface area contributed by atoms with Gasteiger partial charge in [0.1, 0.15) is 0 Å². The Morgan fingerprint density at radius 2 is 1.79 bits per heavy atom. The lowest BCUT2D eigenvalue weighted by Gasteiger charge is -2.38. The first-order valence-electron chi connectivity index (χ1n) is 10.5. The molecule has 1 rings (SSSR count). The number of halogens is 1. The average Bonchev–Trinajstić information content (AvgIpc) is 2.63. The summed E-state index contributed by atoms with van der Waals surface area (Å²) in [5, 5.41) is 3.97. The summed E-state index contributed by atoms with van der Waals surface area (Å²) < 4.78 is 1.31. The van der Waals surface area contributed by atoms with Crippen LogP contribution < -0.4 is 5.32 Å². The van der Waals surface area contributed by atoms with Gasteiger partial charge in [0.05, 0.1) is 6.17 Å². The van der Waals surface area contributed by atoms with Crippen LogP contribution in [0.2, 0.25) is 0 Å². The van der Waals surface area contributed by atoms with E-state index in [4.69, 9.17) is 0 Å². The molecule has 0 amide bonds. The summed E-state index contributed by atoms with van der Waals surface area (Å²) in [6.45, 7) is 14.5. The summed E-state index contributed by atoms with van der Waals surface area (Å²) in [6, 6.07) is 0.654. The molecule has 0 saturated carbocycles. The van der Waals surface area contributed by atoms with Gasteiger partial charge in [-0.1, -0.05) is 76.0 Å². The van der Waals surface area contributed by atoms with Crippen LogP contribution in [0.5, 0.6) is 0 Å². The van der Waals surface area contributed by atoms with Gasteiger partial charge in [-0.15, -0.1) is 0 Å². The van der Waals surface area contributed by atoms with E-state index in [1.54, 1.807) is 0 Å². The van der Waals surface area contributed by atoms with Gasteiger partial charge in [-0.2, -0.15) is 0 Å². The van der Waals surface area contributed by atoms with Crippen molar-refractivity contribution in [1.29, 1.82) is 0 Å². The van der Waals surface area contributed by atoms with Gasteiger partial charge in [0.15, 0.2) is 0 Å². The van der Waals surface area contributed by atoms with Crippen molar-refractivity contribution in [3.05, 3.63) is 0 Å². The first-order valence-corrected chi connectivity index (χ1v) is 12.1. The molecule has 0 spiro atoms. The molecular weight excluding hydrogens is 407 g/mol. The molecule has 1 aliphatic heterocycles. The van der Waals surface area contributed by atoms with Crippen molar-refractivity contribution in [2.45, 2.75) is 98.2 Å². The summed E-state index contributed by atoms with van der Waals surface area (Å²) in [7, 11) is 0. The molecule has 4 unspecified atom stereocenters. The molecule has 144 valence electrons. The number of unbranched alkanes of at least 4 members (excludes halogenated alkanes) is 2. The first-order chi connectivity index (χ1) is 11.5. The van der Waals surface area contributed by atoms with Gasteiger partial charge < -0.3 is 0 Å². The Morgan fingerprint density at radius 3 is 2.46 bits per heavy atom. The third-order valence-corrected chi connectivity index (χ3v) is 7.30. The Balaban J connectivity index is 2.47. The Hall–Kier alpha value is 0.650. The smallest absolute Gasteiger partial charge is 0.0625 e. The maximum atomic E-state index is 3.97. The van der Waals surface area contributed by atoms with Crippen molar-refractivity contribution in [1.82, 2.24) is 10.2 Å². The lowest BCUT2D eigenvalue weighted by atomic mass is 9.96. The topological polar surface area (TPSA) is 15.3 Å². The fourth-order valence-corrected chi connectivity index (χ4v) is 4.52. The SMILES string of the molecule is CCN1CC(C)CCC[C@@H](C)NC1C(C)CCCCCC(C)CI. The van der Waals surface area contributed by atoms with Gasteiger partial charge in [0.2, 0.25) is 0 Å². The number of alkyl halides is 1. The van der Waals surface area contributed by atoms with Gasteiger partial charge in [-0.25, -0.2) is 0 Å². The van der Waals surface area contributed by atoms with Crippen molar-refractivity contribution >= 4 is 22.6 Å². The minimum absolute atomic E-state index is 0.568. The van der Waals surface area contributed by atoms with E-state index < -0.39 is 0 Å². The number of nitrogens with one attached hydrogen (secondary N) is 1. The average molecular weight is 450 g/mol. The molecule has 24 heavy (non-hydrogen) atoms. The summed E-state index contributed by atoms with van der Waals surface area (Å²) >= 11 is 2.52. The van der Waals surface area contributed by atoms with Gasteiger partial charge in [0, 0.05) is 17.0 Å². The number of hydrogen-bond donors (Lipinski definition) is 1. The second-order valence-corrected chi connectivity index (χ2v) is 9.39. The highest BCUT2D eigenvalue weighted by Gasteiger charge is 2.27. The van der Waals surface area contributed by atoms with E-state index >= 15 is 0 Å². The minimum Gasteiger partial charge on any atom is -0.299 e. The zero-order valence-corrected chi connectivity index (χ0v) is 19.1. The molecule has 0 aromatic heterocycles. The predicted molar refractivity (Wildman–Crippen MR) is 117 cm³/mol. The number of nitrogens with zero attached hydrogens (tertiary/aromatic N) is 1. The molecule has 1 aliphatic rings. The highest BCUT2D eigenvalue weighted by molar-refractivity contribution is 14.1. The molecule has 1 fully saturated rings. The van der Waals surface area contributed by atoms with Crippen molar-refractivity contribution in [2.75, 3.05) is 17.5 Å². The molecule has 0 aromatic rings. The molecule has 2 nitrogen and oxygen atoms in total. The number of rotatable bonds is 9. The molecule has 0 aromatic carbocycles. The zero-order valence-electron chi connectivity index (χ0n) is 17.0. The van der Waals surface area contributed by atoms with Crippen molar-refractivity contribution in [2.24, 2.45) is 17.8 Å². The lowest BCUT2D eigenvalue weighted by molar-refractivity contribution is 0.0971. The maximum absolute atomic E-state index is 3.97. The van der Waals surface area contributed by atoms with Crippen LogP contribution in [0.3, 0.4) is 0 Å². The van der Waals surface area contributed by atoms with Crippen LogP contribution in [0.15, 0.2) is 0 Å². The third kappa shape index (κ3) is 8.84. The normalized spacial score (nSPS) is 29.5. The van der Waals surface area contributed by atoms with Gasteiger partial charge in [-0.3, -0.25) is 10.2 Å². The maximum Gasteiger partial charge on any atom is 0.0625 e. The second kappa shape index (κ2) is 12.9. The van der Waals surface area contributed by atoms with Crippen LogP contribution >= 0.6 is 22.6 Å². The summed E-state index contributed by atoms with van der Waals surface area (Å²) in [5.74, 6) is 2.48. The van der Waals surface area contributed by atoms with Gasteiger partial charge in [0.25, 0.3) is 0 Å². The van der Waals surface area contributed by atoms with Crippen LogP contribution in [0.4, 0.5) is 0 Å². The molecule has 5 atom stereocenters. The Kier molecular flexibility index (Phi) is 12.2. The van der Waals surface area contributed by atoms with Crippen molar-refractivity contribution < 1.29 is 0 Å². The number of hydrogen-bond acceptors (Lipinski definition) is 2. The third-order valence-electron chi connectivity index (χ3n) is 5.79. The summed E-state index contributed by atoms with van der Waals surface area (Å²) in [4.78, 5) is 2.72. The van der Waals surface area contributed by atoms with Crippen LogP contribution in [0, 0.1) is 17.8 Å². The van der Waals surface area contributed by atoms with Crippen LogP contribution in [0.1, 0.15) is 86.0 Å². The Labute approximate surface area is 166 Å². The van der Waals surface area contributed by atoms with E-state index in [2.05, 4.69) is 67.4 Å². The summed E-state index contributed by atoms with van der Waals surface area (Å²) in [6.07, 6.45) is 11.7. The second-order valence-electron chi connectivity index (χ2n) is 8.51. The first kappa shape index (κ1) is 22.7. The van der Waals surface area contributed by atoms with E-state index in [1.165, 1.54) is 68.9 Å². The largest absolute Gasteiger partial charge is 0.299 e. The highest BCUT2D eigenvalue weighted by Crippen LogP contribution is 2.23. The molecular formula is C21H43IN2. The van der Waals surface area contributed by atoms with Crippen LogP contribution in [-0.4, -0.2) is 34.6 Å². The quantitative estimate of drug-likeness (QED) is 0.260. The molecule has 0 aliphatic carbocycles. The molecule has 3 heteroatoms. The van der Waals surface area contributed by atoms with Crippen LogP contribution in [0.25, 0.3) is 0 Å². The van der Waals surface area contributed by atoms with E-state index in [0.717, 1.165) is 17.8 Å². The fraction of sp³-hybridized carbons (Fsp3) is 1.00. The van der Waals surface area contributed by atoms with E-state index in [-0.39, 0.29) is 0 Å².